The number of rotatable bonds is 4. The van der Waals surface area contributed by atoms with E-state index in [0.717, 1.165) is 11.1 Å². The van der Waals surface area contributed by atoms with E-state index >= 15 is 0 Å². The van der Waals surface area contributed by atoms with Crippen molar-refractivity contribution in [3.8, 4) is 0 Å². The van der Waals surface area contributed by atoms with Crippen LogP contribution in [0.15, 0.2) is 0 Å². The van der Waals surface area contributed by atoms with E-state index in [2.05, 4.69) is 0 Å². The SMILES string of the molecule is CCc1c(C)c(C(=O)Cl)n(C)c1CC(=O)O. The maximum Gasteiger partial charge on any atom is 0.309 e. The first-order valence-electron chi connectivity index (χ1n) is 4.98. The topological polar surface area (TPSA) is 59.3 Å². The van der Waals surface area contributed by atoms with E-state index in [1.165, 1.54) is 0 Å². The lowest BCUT2D eigenvalue weighted by Gasteiger charge is -2.04. The molecule has 0 fully saturated rings. The molecule has 0 radical (unpaired) electrons. The Hall–Kier alpha value is -1.29. The maximum absolute atomic E-state index is 11.3. The fourth-order valence-electron chi connectivity index (χ4n) is 2.07. The van der Waals surface area contributed by atoms with Crippen LogP contribution < -0.4 is 0 Å². The highest BCUT2D eigenvalue weighted by Gasteiger charge is 2.21. The van der Waals surface area contributed by atoms with E-state index < -0.39 is 11.2 Å². The molecule has 0 atom stereocenters. The Bertz CT molecular complexity index is 449. The normalized spacial score (nSPS) is 10.5. The van der Waals surface area contributed by atoms with Crippen molar-refractivity contribution in [3.05, 3.63) is 22.5 Å². The lowest BCUT2D eigenvalue weighted by molar-refractivity contribution is -0.136. The third-order valence-electron chi connectivity index (χ3n) is 2.75. The molecule has 88 valence electrons. The van der Waals surface area contributed by atoms with Crippen LogP contribution in [0.5, 0.6) is 0 Å². The van der Waals surface area contributed by atoms with Crippen LogP contribution in [0.1, 0.15) is 34.2 Å². The predicted octanol–water partition coefficient (Wildman–Crippen LogP) is 1.90. The Morgan fingerprint density at radius 3 is 2.38 bits per heavy atom. The number of halogens is 1. The van der Waals surface area contributed by atoms with Crippen molar-refractivity contribution in [1.82, 2.24) is 4.57 Å². The van der Waals surface area contributed by atoms with Gasteiger partial charge in [-0.05, 0) is 36.1 Å². The minimum atomic E-state index is -0.913. The van der Waals surface area contributed by atoms with Crippen LogP contribution in [0.4, 0.5) is 0 Å². The van der Waals surface area contributed by atoms with Gasteiger partial charge in [-0.25, -0.2) is 0 Å². The fraction of sp³-hybridized carbons (Fsp3) is 0.455. The first-order valence-corrected chi connectivity index (χ1v) is 5.36. The molecule has 0 aliphatic carbocycles. The van der Waals surface area contributed by atoms with Gasteiger partial charge in [0.2, 0.25) is 0 Å². The minimum Gasteiger partial charge on any atom is -0.481 e. The van der Waals surface area contributed by atoms with Gasteiger partial charge in [0.15, 0.2) is 0 Å². The summed E-state index contributed by atoms with van der Waals surface area (Å²) in [6.07, 6.45) is 0.594. The van der Waals surface area contributed by atoms with Crippen molar-refractivity contribution >= 4 is 22.8 Å². The number of carbonyl (C=O) groups excluding carboxylic acids is 1. The van der Waals surface area contributed by atoms with Crippen LogP contribution >= 0.6 is 11.6 Å². The molecule has 1 aromatic rings. The minimum absolute atomic E-state index is 0.0926. The van der Waals surface area contributed by atoms with Gasteiger partial charge in [0.1, 0.15) is 5.69 Å². The molecular formula is C11H14ClNO3. The third kappa shape index (κ3) is 2.11. The summed E-state index contributed by atoms with van der Waals surface area (Å²) < 4.78 is 1.58. The van der Waals surface area contributed by atoms with Crippen LogP contribution in [0.25, 0.3) is 0 Å². The van der Waals surface area contributed by atoms with Gasteiger partial charge in [-0.1, -0.05) is 6.92 Å². The van der Waals surface area contributed by atoms with Crippen LogP contribution in [0.3, 0.4) is 0 Å². The Morgan fingerprint density at radius 1 is 1.44 bits per heavy atom. The molecule has 0 bridgehead atoms. The van der Waals surface area contributed by atoms with E-state index in [0.29, 0.717) is 17.8 Å². The zero-order valence-electron chi connectivity index (χ0n) is 9.50. The number of hydrogen-bond acceptors (Lipinski definition) is 2. The number of aliphatic carboxylic acids is 1. The molecule has 1 heterocycles. The second kappa shape index (κ2) is 4.70. The second-order valence-electron chi connectivity index (χ2n) is 3.66. The van der Waals surface area contributed by atoms with Gasteiger partial charge in [0.25, 0.3) is 5.24 Å². The summed E-state index contributed by atoms with van der Waals surface area (Å²) in [5, 5.41) is 8.27. The highest BCUT2D eigenvalue weighted by molar-refractivity contribution is 6.67. The van der Waals surface area contributed by atoms with Gasteiger partial charge in [-0.2, -0.15) is 0 Å². The van der Waals surface area contributed by atoms with Gasteiger partial charge in [0.05, 0.1) is 6.42 Å². The molecule has 0 unspecified atom stereocenters. The maximum atomic E-state index is 11.3. The van der Waals surface area contributed by atoms with E-state index in [4.69, 9.17) is 16.7 Å². The van der Waals surface area contributed by atoms with Crippen LogP contribution in [0.2, 0.25) is 0 Å². The summed E-state index contributed by atoms with van der Waals surface area (Å²) >= 11 is 5.49. The summed E-state index contributed by atoms with van der Waals surface area (Å²) in [6.45, 7) is 3.72. The molecule has 0 aliphatic heterocycles. The van der Waals surface area contributed by atoms with Crippen LogP contribution in [-0.2, 0) is 24.7 Å². The Morgan fingerprint density at radius 2 is 2.00 bits per heavy atom. The molecule has 0 spiro atoms. The molecule has 1 aromatic heterocycles. The average molecular weight is 244 g/mol. The molecule has 1 N–H and O–H groups in total. The van der Waals surface area contributed by atoms with E-state index in [9.17, 15) is 9.59 Å². The molecule has 0 aromatic carbocycles. The fourth-order valence-corrected chi connectivity index (χ4v) is 2.33. The summed E-state index contributed by atoms with van der Waals surface area (Å²) in [7, 11) is 1.67. The summed E-state index contributed by atoms with van der Waals surface area (Å²) in [4.78, 5) is 22.0. The zero-order valence-corrected chi connectivity index (χ0v) is 10.3. The molecule has 5 heteroatoms. The lowest BCUT2D eigenvalue weighted by Crippen LogP contribution is -2.09. The van der Waals surface area contributed by atoms with E-state index in [-0.39, 0.29) is 6.42 Å². The number of carboxylic acid groups (broad SMARTS) is 1. The Kier molecular flexibility index (Phi) is 3.75. The number of nitrogens with zero attached hydrogens (tertiary/aromatic N) is 1. The largest absolute Gasteiger partial charge is 0.481 e. The smallest absolute Gasteiger partial charge is 0.309 e. The van der Waals surface area contributed by atoms with Gasteiger partial charge < -0.3 is 9.67 Å². The Labute approximate surface area is 98.8 Å². The standard InChI is InChI=1S/C11H14ClNO3/c1-4-7-6(2)10(11(12)16)13(3)8(7)5-9(14)15/h4-5H2,1-3H3,(H,14,15). The number of aromatic nitrogens is 1. The molecule has 1 rings (SSSR count). The van der Waals surface area contributed by atoms with E-state index in [1.807, 2.05) is 6.92 Å². The summed E-state index contributed by atoms with van der Waals surface area (Å²) in [5.74, 6) is -0.913. The van der Waals surface area contributed by atoms with Crippen LogP contribution in [-0.4, -0.2) is 20.9 Å². The predicted molar refractivity (Wildman–Crippen MR) is 61.1 cm³/mol. The zero-order chi connectivity index (χ0) is 12.5. The van der Waals surface area contributed by atoms with Crippen molar-refractivity contribution in [3.63, 3.8) is 0 Å². The molecular weight excluding hydrogens is 230 g/mol. The molecule has 16 heavy (non-hydrogen) atoms. The van der Waals surface area contributed by atoms with Crippen molar-refractivity contribution in [2.75, 3.05) is 0 Å². The molecule has 0 aliphatic rings. The quantitative estimate of drug-likeness (QED) is 0.822. The van der Waals surface area contributed by atoms with Gasteiger partial charge in [-0.15, -0.1) is 0 Å². The van der Waals surface area contributed by atoms with Crippen molar-refractivity contribution < 1.29 is 14.7 Å². The first-order chi connectivity index (χ1) is 7.40. The number of carbonyl (C=O) groups is 2. The lowest BCUT2D eigenvalue weighted by atomic mass is 10.1. The van der Waals surface area contributed by atoms with Crippen molar-refractivity contribution in [1.29, 1.82) is 0 Å². The molecule has 4 nitrogen and oxygen atoms in total. The first kappa shape index (κ1) is 12.8. The van der Waals surface area contributed by atoms with E-state index in [1.54, 1.807) is 18.5 Å². The van der Waals surface area contributed by atoms with Gasteiger partial charge >= 0.3 is 5.97 Å². The molecule has 0 saturated carbocycles. The second-order valence-corrected chi connectivity index (χ2v) is 4.00. The third-order valence-corrected chi connectivity index (χ3v) is 2.93. The summed E-state index contributed by atoms with van der Waals surface area (Å²) in [5.41, 5.74) is 2.71. The highest BCUT2D eigenvalue weighted by Crippen LogP contribution is 2.24. The van der Waals surface area contributed by atoms with Crippen molar-refractivity contribution in [2.45, 2.75) is 26.7 Å². The molecule has 0 amide bonds. The van der Waals surface area contributed by atoms with Crippen molar-refractivity contribution in [2.24, 2.45) is 7.05 Å². The Balaban J connectivity index is 3.41. The van der Waals surface area contributed by atoms with Crippen LogP contribution in [0, 0.1) is 6.92 Å². The number of carboxylic acids is 1. The van der Waals surface area contributed by atoms with Gasteiger partial charge in [-0.3, -0.25) is 9.59 Å². The monoisotopic (exact) mass is 243 g/mol. The highest BCUT2D eigenvalue weighted by atomic mass is 35.5. The summed E-state index contributed by atoms with van der Waals surface area (Å²) in [6, 6.07) is 0. The van der Waals surface area contributed by atoms with Gasteiger partial charge in [0, 0.05) is 12.7 Å². The average Bonchev–Trinajstić information content (AvgIpc) is 2.37. The molecule has 0 saturated heterocycles. The number of hydrogen-bond donors (Lipinski definition) is 1.